The second-order valence-corrected chi connectivity index (χ2v) is 5.09. The van der Waals surface area contributed by atoms with E-state index in [1.165, 1.54) is 11.8 Å². The second kappa shape index (κ2) is 3.93. The van der Waals surface area contributed by atoms with Gasteiger partial charge in [0.2, 0.25) is 0 Å². The van der Waals surface area contributed by atoms with Crippen molar-refractivity contribution in [3.8, 4) is 0 Å². The van der Waals surface area contributed by atoms with Gasteiger partial charge in [0, 0.05) is 4.91 Å². The molecule has 0 aromatic heterocycles. The largest absolute Gasteiger partial charge is 0.480 e. The molecule has 3 rings (SSSR count). The quantitative estimate of drug-likeness (QED) is 0.806. The summed E-state index contributed by atoms with van der Waals surface area (Å²) in [5, 5.41) is 10.9. The van der Waals surface area contributed by atoms with E-state index in [1.54, 1.807) is 0 Å². The van der Waals surface area contributed by atoms with Crippen molar-refractivity contribution in [3.05, 3.63) is 58.5 Å². The van der Waals surface area contributed by atoms with E-state index in [2.05, 4.69) is 6.08 Å². The highest BCUT2D eigenvalue weighted by Crippen LogP contribution is 2.38. The van der Waals surface area contributed by atoms with Gasteiger partial charge in [-0.1, -0.05) is 48.6 Å². The van der Waals surface area contributed by atoms with Crippen molar-refractivity contribution in [2.75, 3.05) is 0 Å². The maximum Gasteiger partial charge on any atom is 0.320 e. The number of benzene rings is 1. The van der Waals surface area contributed by atoms with Crippen molar-refractivity contribution in [3.63, 3.8) is 0 Å². The minimum Gasteiger partial charge on any atom is -0.480 e. The molecule has 2 aliphatic rings. The predicted octanol–water partition coefficient (Wildman–Crippen LogP) is 1.27. The van der Waals surface area contributed by atoms with Crippen LogP contribution < -0.4 is 10.4 Å². The Hall–Kier alpha value is -1.74. The summed E-state index contributed by atoms with van der Waals surface area (Å²) in [5.41, 5.74) is 1.02. The third-order valence-electron chi connectivity index (χ3n) is 2.84. The zero-order chi connectivity index (χ0) is 11.8. The standard InChI is InChI=1S/C14H10O2S/c15-14(16)12-8-10-6-3-5-9-4-1-2-7-11(9)13(10)17-12/h1-8,12H,(H,15,16). The van der Waals surface area contributed by atoms with Gasteiger partial charge < -0.3 is 5.11 Å². The fourth-order valence-corrected chi connectivity index (χ4v) is 3.20. The first kappa shape index (κ1) is 10.4. The molecule has 0 amide bonds. The first-order chi connectivity index (χ1) is 8.25. The van der Waals surface area contributed by atoms with Crippen molar-refractivity contribution >= 4 is 28.7 Å². The molecule has 0 saturated carbocycles. The molecule has 1 aromatic rings. The Morgan fingerprint density at radius 2 is 2.12 bits per heavy atom. The molecule has 0 spiro atoms. The van der Waals surface area contributed by atoms with Crippen LogP contribution in [-0.4, -0.2) is 16.3 Å². The van der Waals surface area contributed by atoms with E-state index in [0.29, 0.717) is 0 Å². The van der Waals surface area contributed by atoms with Crippen LogP contribution in [0.2, 0.25) is 0 Å². The fourth-order valence-electron chi connectivity index (χ4n) is 2.04. The molecule has 0 radical (unpaired) electrons. The maximum absolute atomic E-state index is 11.0. The molecule has 1 aromatic carbocycles. The van der Waals surface area contributed by atoms with Crippen molar-refractivity contribution in [2.24, 2.45) is 0 Å². The molecule has 1 unspecified atom stereocenters. The van der Waals surface area contributed by atoms with Gasteiger partial charge in [-0.3, -0.25) is 4.79 Å². The van der Waals surface area contributed by atoms with Crippen LogP contribution in [0, 0.1) is 0 Å². The lowest BCUT2D eigenvalue weighted by atomic mass is 10.1. The SMILES string of the molecule is O=C(O)C1C=C2C=CC=c3ccccc3=C2S1. The Bertz CT molecular complexity index is 668. The van der Waals surface area contributed by atoms with E-state index in [4.69, 9.17) is 5.11 Å². The van der Waals surface area contributed by atoms with E-state index in [9.17, 15) is 4.79 Å². The zero-order valence-electron chi connectivity index (χ0n) is 8.96. The molecule has 1 aliphatic heterocycles. The van der Waals surface area contributed by atoms with Crippen molar-refractivity contribution in [1.29, 1.82) is 0 Å². The lowest BCUT2D eigenvalue weighted by Gasteiger charge is -2.01. The first-order valence-electron chi connectivity index (χ1n) is 5.35. The smallest absolute Gasteiger partial charge is 0.320 e. The van der Waals surface area contributed by atoms with Gasteiger partial charge in [0.1, 0.15) is 5.25 Å². The number of thioether (sulfide) groups is 1. The topological polar surface area (TPSA) is 37.3 Å². The molecule has 2 nitrogen and oxygen atoms in total. The summed E-state index contributed by atoms with van der Waals surface area (Å²) in [5.74, 6) is -0.780. The summed E-state index contributed by atoms with van der Waals surface area (Å²) < 4.78 is 0. The molecule has 0 bridgehead atoms. The molecule has 0 fully saturated rings. The van der Waals surface area contributed by atoms with Gasteiger partial charge in [0.15, 0.2) is 0 Å². The molecule has 1 atom stereocenters. The molecule has 1 aliphatic carbocycles. The summed E-state index contributed by atoms with van der Waals surface area (Å²) in [6.07, 6.45) is 7.82. The van der Waals surface area contributed by atoms with Crippen molar-refractivity contribution in [1.82, 2.24) is 0 Å². The van der Waals surface area contributed by atoms with Gasteiger partial charge in [-0.15, -0.1) is 11.8 Å². The van der Waals surface area contributed by atoms with Gasteiger partial charge in [0.05, 0.1) is 0 Å². The summed E-state index contributed by atoms with van der Waals surface area (Å²) in [6.45, 7) is 0. The highest BCUT2D eigenvalue weighted by molar-refractivity contribution is 8.10. The number of fused-ring (bicyclic) bond motifs is 2. The number of aliphatic carboxylic acids is 1. The van der Waals surface area contributed by atoms with Crippen LogP contribution in [0.15, 0.2) is 48.1 Å². The number of hydrogen-bond donors (Lipinski definition) is 1. The number of carboxylic acids is 1. The lowest BCUT2D eigenvalue weighted by molar-refractivity contribution is -0.135. The van der Waals surface area contributed by atoms with E-state index in [-0.39, 0.29) is 0 Å². The van der Waals surface area contributed by atoms with Crippen LogP contribution in [0.25, 0.3) is 11.0 Å². The molecule has 1 N–H and O–H groups in total. The van der Waals surface area contributed by atoms with Crippen molar-refractivity contribution in [2.45, 2.75) is 5.25 Å². The summed E-state index contributed by atoms with van der Waals surface area (Å²) in [7, 11) is 0. The third kappa shape index (κ3) is 1.72. The van der Waals surface area contributed by atoms with Crippen LogP contribution in [0.5, 0.6) is 0 Å². The van der Waals surface area contributed by atoms with Gasteiger partial charge in [-0.05, 0) is 16.0 Å². The van der Waals surface area contributed by atoms with Crippen LogP contribution in [0.4, 0.5) is 0 Å². The average molecular weight is 242 g/mol. The first-order valence-corrected chi connectivity index (χ1v) is 6.23. The van der Waals surface area contributed by atoms with Crippen LogP contribution >= 0.6 is 11.8 Å². The Morgan fingerprint density at radius 3 is 2.94 bits per heavy atom. The van der Waals surface area contributed by atoms with E-state index < -0.39 is 11.2 Å². The minimum absolute atomic E-state index is 0.462. The van der Waals surface area contributed by atoms with Gasteiger partial charge >= 0.3 is 5.97 Å². The molecule has 1 heterocycles. The van der Waals surface area contributed by atoms with Crippen LogP contribution in [0.3, 0.4) is 0 Å². The predicted molar refractivity (Wildman–Crippen MR) is 69.8 cm³/mol. The molecule has 17 heavy (non-hydrogen) atoms. The normalized spacial score (nSPS) is 21.1. The Balaban J connectivity index is 2.28. The Morgan fingerprint density at radius 1 is 1.29 bits per heavy atom. The lowest BCUT2D eigenvalue weighted by Crippen LogP contribution is -2.25. The minimum atomic E-state index is -0.780. The number of hydrogen-bond acceptors (Lipinski definition) is 2. The highest BCUT2D eigenvalue weighted by atomic mass is 32.2. The van der Waals surface area contributed by atoms with E-state index in [0.717, 1.165) is 20.9 Å². The third-order valence-corrected chi connectivity index (χ3v) is 4.12. The van der Waals surface area contributed by atoms with Gasteiger partial charge in [-0.2, -0.15) is 0 Å². The average Bonchev–Trinajstić information content (AvgIpc) is 2.67. The Labute approximate surface area is 103 Å². The number of carbonyl (C=O) groups is 1. The van der Waals surface area contributed by atoms with Gasteiger partial charge in [0.25, 0.3) is 0 Å². The van der Waals surface area contributed by atoms with E-state index in [1.807, 2.05) is 42.5 Å². The highest BCUT2D eigenvalue weighted by Gasteiger charge is 2.26. The molecule has 3 heteroatoms. The molecule has 84 valence electrons. The zero-order valence-corrected chi connectivity index (χ0v) is 9.78. The van der Waals surface area contributed by atoms with Crippen LogP contribution in [0.1, 0.15) is 0 Å². The molecule has 0 saturated heterocycles. The molecular weight excluding hydrogens is 232 g/mol. The second-order valence-electron chi connectivity index (χ2n) is 3.94. The maximum atomic E-state index is 11.0. The fraction of sp³-hybridized carbons (Fsp3) is 0.0714. The van der Waals surface area contributed by atoms with E-state index >= 15 is 0 Å². The number of carboxylic acid groups (broad SMARTS) is 1. The van der Waals surface area contributed by atoms with Crippen molar-refractivity contribution < 1.29 is 9.90 Å². The molecular formula is C14H10O2S. The Kier molecular flexibility index (Phi) is 2.41. The van der Waals surface area contributed by atoms with Crippen LogP contribution in [-0.2, 0) is 4.79 Å². The summed E-state index contributed by atoms with van der Waals surface area (Å²) in [6, 6.07) is 8.06. The number of rotatable bonds is 1. The van der Waals surface area contributed by atoms with Gasteiger partial charge in [-0.25, -0.2) is 0 Å². The monoisotopic (exact) mass is 242 g/mol. The summed E-state index contributed by atoms with van der Waals surface area (Å²) >= 11 is 1.41. The summed E-state index contributed by atoms with van der Waals surface area (Å²) in [4.78, 5) is 12.1. The number of allylic oxidation sites excluding steroid dienone is 2.